The van der Waals surface area contributed by atoms with E-state index >= 15 is 0 Å². The Morgan fingerprint density at radius 3 is 2.81 bits per heavy atom. The maximum absolute atomic E-state index is 12.1. The summed E-state index contributed by atoms with van der Waals surface area (Å²) in [6.45, 7) is 0. The number of carbonyl (C=O) groups excluding carboxylic acids is 1. The van der Waals surface area contributed by atoms with Crippen molar-refractivity contribution >= 4 is 27.8 Å². The first-order valence-electron chi connectivity index (χ1n) is 6.77. The number of hydrogen-bond acceptors (Lipinski definition) is 3. The molecule has 0 aromatic heterocycles. The maximum Gasteiger partial charge on any atom is 0.308 e. The molecule has 1 fully saturated rings. The van der Waals surface area contributed by atoms with Crippen LogP contribution in [0.4, 0.5) is 0 Å². The molecule has 2 atom stereocenters. The zero-order valence-electron chi connectivity index (χ0n) is 12.0. The molecule has 1 N–H and O–H groups in total. The summed E-state index contributed by atoms with van der Waals surface area (Å²) < 4.78 is 6.00. The third-order valence-corrected chi connectivity index (χ3v) is 4.66. The lowest BCUT2D eigenvalue weighted by molar-refractivity contribution is -0.145. The van der Waals surface area contributed by atoms with Gasteiger partial charge in [-0.3, -0.25) is 9.59 Å². The number of hydrogen-bond donors (Lipinski definition) is 1. The summed E-state index contributed by atoms with van der Waals surface area (Å²) in [5.41, 5.74) is 0.763. The minimum atomic E-state index is -0.878. The summed E-state index contributed by atoms with van der Waals surface area (Å²) in [4.78, 5) is 25.3. The number of carboxylic acid groups (broad SMARTS) is 1. The number of carboxylic acids is 1. The largest absolute Gasteiger partial charge is 0.497 e. The molecule has 6 heteroatoms. The fourth-order valence-electron chi connectivity index (χ4n) is 2.79. The van der Waals surface area contributed by atoms with Crippen LogP contribution >= 0.6 is 15.9 Å². The van der Waals surface area contributed by atoms with Gasteiger partial charge in [0.25, 0.3) is 0 Å². The molecule has 0 bridgehead atoms. The van der Waals surface area contributed by atoms with Gasteiger partial charge in [-0.1, -0.05) is 15.9 Å². The molecule has 0 aliphatic carbocycles. The van der Waals surface area contributed by atoms with Gasteiger partial charge in [0, 0.05) is 17.9 Å². The van der Waals surface area contributed by atoms with E-state index in [-0.39, 0.29) is 5.91 Å². The molecule has 0 radical (unpaired) electrons. The summed E-state index contributed by atoms with van der Waals surface area (Å²) in [6, 6.07) is 4.90. The van der Waals surface area contributed by atoms with Crippen LogP contribution in [0.25, 0.3) is 0 Å². The Bertz CT molecular complexity index is 561. The highest BCUT2D eigenvalue weighted by Crippen LogP contribution is 2.39. The first-order valence-corrected chi connectivity index (χ1v) is 7.57. The minimum Gasteiger partial charge on any atom is -0.497 e. The van der Waals surface area contributed by atoms with E-state index in [0.29, 0.717) is 25.0 Å². The molecule has 1 aliphatic heterocycles. The summed E-state index contributed by atoms with van der Waals surface area (Å²) in [7, 11) is 3.23. The molecule has 1 aromatic carbocycles. The van der Waals surface area contributed by atoms with Gasteiger partial charge in [-0.2, -0.15) is 0 Å². The Hall–Kier alpha value is -1.56. The SMILES string of the molecule is COc1ccc(Br)c(C2C(C(=O)O)CCCC(=O)N2C)c1. The zero-order valence-corrected chi connectivity index (χ0v) is 13.6. The Morgan fingerprint density at radius 1 is 1.48 bits per heavy atom. The summed E-state index contributed by atoms with van der Waals surface area (Å²) in [6.07, 6.45) is 1.47. The van der Waals surface area contributed by atoms with Crippen molar-refractivity contribution in [2.24, 2.45) is 5.92 Å². The number of halogens is 1. The van der Waals surface area contributed by atoms with Crippen LogP contribution in [0.1, 0.15) is 30.9 Å². The van der Waals surface area contributed by atoms with Gasteiger partial charge in [-0.05, 0) is 36.6 Å². The number of ether oxygens (including phenoxy) is 1. The second kappa shape index (κ2) is 6.47. The molecule has 2 unspecified atom stereocenters. The molecule has 21 heavy (non-hydrogen) atoms. The molecule has 1 aliphatic rings. The zero-order chi connectivity index (χ0) is 15.6. The molecule has 1 aromatic rings. The minimum absolute atomic E-state index is 0.0292. The van der Waals surface area contributed by atoms with Gasteiger partial charge < -0.3 is 14.7 Å². The average Bonchev–Trinajstić information content (AvgIpc) is 2.60. The van der Waals surface area contributed by atoms with E-state index in [4.69, 9.17) is 4.74 Å². The van der Waals surface area contributed by atoms with E-state index in [1.54, 1.807) is 31.2 Å². The highest BCUT2D eigenvalue weighted by molar-refractivity contribution is 9.10. The molecular weight excluding hydrogens is 338 g/mol. The first kappa shape index (κ1) is 15.8. The molecule has 1 amide bonds. The average molecular weight is 356 g/mol. The number of aliphatic carboxylic acids is 1. The normalized spacial score (nSPS) is 22.8. The quantitative estimate of drug-likeness (QED) is 0.905. The number of benzene rings is 1. The van der Waals surface area contributed by atoms with E-state index in [2.05, 4.69) is 15.9 Å². The lowest BCUT2D eigenvalue weighted by atomic mass is 9.89. The maximum atomic E-state index is 12.1. The van der Waals surface area contributed by atoms with Gasteiger partial charge in [0.05, 0.1) is 19.1 Å². The summed E-state index contributed by atoms with van der Waals surface area (Å²) in [5.74, 6) is -0.887. The van der Waals surface area contributed by atoms with Crippen molar-refractivity contribution in [2.75, 3.05) is 14.2 Å². The van der Waals surface area contributed by atoms with Crippen molar-refractivity contribution in [2.45, 2.75) is 25.3 Å². The van der Waals surface area contributed by atoms with Crippen molar-refractivity contribution in [3.8, 4) is 5.75 Å². The molecule has 1 heterocycles. The lowest BCUT2D eigenvalue weighted by Crippen LogP contribution is -2.36. The van der Waals surface area contributed by atoms with E-state index in [9.17, 15) is 14.7 Å². The first-order chi connectivity index (χ1) is 9.95. The number of rotatable bonds is 3. The van der Waals surface area contributed by atoms with E-state index < -0.39 is 17.9 Å². The number of methoxy groups -OCH3 is 1. The predicted molar refractivity (Wildman–Crippen MR) is 81.2 cm³/mol. The molecule has 0 saturated carbocycles. The standard InChI is InChI=1S/C15H18BrNO4/c1-17-13(18)5-3-4-10(15(19)20)14(17)11-8-9(21-2)6-7-12(11)16/h6-8,10,14H,3-5H2,1-2H3,(H,19,20). The second-order valence-electron chi connectivity index (χ2n) is 5.17. The van der Waals surface area contributed by atoms with Crippen LogP contribution in [-0.2, 0) is 9.59 Å². The van der Waals surface area contributed by atoms with Crippen molar-refractivity contribution in [3.05, 3.63) is 28.2 Å². The van der Waals surface area contributed by atoms with Crippen LogP contribution in [0.15, 0.2) is 22.7 Å². The second-order valence-corrected chi connectivity index (χ2v) is 6.03. The predicted octanol–water partition coefficient (Wildman–Crippen LogP) is 2.84. The Labute approximate surface area is 132 Å². The molecule has 114 valence electrons. The van der Waals surface area contributed by atoms with Crippen molar-refractivity contribution in [3.63, 3.8) is 0 Å². The third kappa shape index (κ3) is 3.20. The van der Waals surface area contributed by atoms with Gasteiger partial charge >= 0.3 is 5.97 Å². The van der Waals surface area contributed by atoms with Gasteiger partial charge in [0.2, 0.25) is 5.91 Å². The topological polar surface area (TPSA) is 66.8 Å². The molecule has 2 rings (SSSR count). The van der Waals surface area contributed by atoms with E-state index in [1.165, 1.54) is 0 Å². The molecule has 5 nitrogen and oxygen atoms in total. The molecular formula is C15H18BrNO4. The van der Waals surface area contributed by atoms with Crippen LogP contribution in [0.2, 0.25) is 0 Å². The van der Waals surface area contributed by atoms with Crippen LogP contribution in [-0.4, -0.2) is 36.0 Å². The monoisotopic (exact) mass is 355 g/mol. The molecule has 1 saturated heterocycles. The fraction of sp³-hybridized carbons (Fsp3) is 0.467. The smallest absolute Gasteiger partial charge is 0.308 e. The highest BCUT2D eigenvalue weighted by atomic mass is 79.9. The Morgan fingerprint density at radius 2 is 2.19 bits per heavy atom. The van der Waals surface area contributed by atoms with Gasteiger partial charge in [-0.25, -0.2) is 0 Å². The summed E-state index contributed by atoms with van der Waals surface area (Å²) in [5, 5.41) is 9.53. The van der Waals surface area contributed by atoms with Crippen LogP contribution < -0.4 is 4.74 Å². The van der Waals surface area contributed by atoms with Crippen LogP contribution in [0, 0.1) is 5.92 Å². The van der Waals surface area contributed by atoms with Crippen molar-refractivity contribution < 1.29 is 19.4 Å². The Kier molecular flexibility index (Phi) is 4.88. The van der Waals surface area contributed by atoms with Crippen molar-refractivity contribution in [1.82, 2.24) is 4.90 Å². The number of nitrogens with zero attached hydrogens (tertiary/aromatic N) is 1. The van der Waals surface area contributed by atoms with E-state index in [1.807, 2.05) is 6.07 Å². The van der Waals surface area contributed by atoms with E-state index in [0.717, 1.165) is 10.0 Å². The summed E-state index contributed by atoms with van der Waals surface area (Å²) >= 11 is 3.46. The number of carbonyl (C=O) groups is 2. The third-order valence-electron chi connectivity index (χ3n) is 3.94. The van der Waals surface area contributed by atoms with Crippen molar-refractivity contribution in [1.29, 1.82) is 0 Å². The molecule has 0 spiro atoms. The van der Waals surface area contributed by atoms with Gasteiger partial charge in [0.15, 0.2) is 0 Å². The highest BCUT2D eigenvalue weighted by Gasteiger charge is 2.37. The van der Waals surface area contributed by atoms with Gasteiger partial charge in [0.1, 0.15) is 5.75 Å². The number of likely N-dealkylation sites (tertiary alicyclic amines) is 1. The lowest BCUT2D eigenvalue weighted by Gasteiger charge is -2.31. The Balaban J connectivity index is 2.53. The van der Waals surface area contributed by atoms with Gasteiger partial charge in [-0.15, -0.1) is 0 Å². The number of amides is 1. The van der Waals surface area contributed by atoms with Crippen LogP contribution in [0.3, 0.4) is 0 Å². The fourth-order valence-corrected chi connectivity index (χ4v) is 3.27. The van der Waals surface area contributed by atoms with Crippen LogP contribution in [0.5, 0.6) is 5.75 Å².